The molecule has 0 fully saturated rings. The number of nitrogens with two attached hydrogens (primary N) is 1. The SMILES string of the molecule is CNc1cc(N(C)Cc2ccccn2)nc(N)n1. The summed E-state index contributed by atoms with van der Waals surface area (Å²) in [5, 5.41) is 2.95. The number of pyridine rings is 1. The topological polar surface area (TPSA) is 80.0 Å². The maximum atomic E-state index is 5.66. The Bertz CT molecular complexity index is 513. The van der Waals surface area contributed by atoms with Crippen molar-refractivity contribution in [1.82, 2.24) is 15.0 Å². The fourth-order valence-corrected chi connectivity index (χ4v) is 1.59. The number of rotatable bonds is 4. The van der Waals surface area contributed by atoms with Gasteiger partial charge in [0, 0.05) is 26.4 Å². The fourth-order valence-electron chi connectivity index (χ4n) is 1.59. The zero-order chi connectivity index (χ0) is 13.0. The second kappa shape index (κ2) is 5.31. The van der Waals surface area contributed by atoms with Gasteiger partial charge in [-0.15, -0.1) is 0 Å². The summed E-state index contributed by atoms with van der Waals surface area (Å²) in [7, 11) is 3.74. The minimum absolute atomic E-state index is 0.254. The van der Waals surface area contributed by atoms with E-state index in [0.717, 1.165) is 11.5 Å². The van der Waals surface area contributed by atoms with Gasteiger partial charge in [-0.3, -0.25) is 4.98 Å². The first kappa shape index (κ1) is 12.1. The van der Waals surface area contributed by atoms with Gasteiger partial charge in [-0.1, -0.05) is 6.07 Å². The lowest BCUT2D eigenvalue weighted by atomic mass is 10.3. The van der Waals surface area contributed by atoms with Crippen molar-refractivity contribution in [3.8, 4) is 0 Å². The van der Waals surface area contributed by atoms with Crippen molar-refractivity contribution in [2.45, 2.75) is 6.54 Å². The summed E-state index contributed by atoms with van der Waals surface area (Å²) in [6.45, 7) is 0.667. The Morgan fingerprint density at radius 2 is 2.17 bits per heavy atom. The van der Waals surface area contributed by atoms with E-state index < -0.39 is 0 Å². The number of nitrogens with one attached hydrogen (secondary N) is 1. The Kier molecular flexibility index (Phi) is 3.57. The molecule has 0 atom stereocenters. The van der Waals surface area contributed by atoms with Crippen molar-refractivity contribution in [3.63, 3.8) is 0 Å². The van der Waals surface area contributed by atoms with Crippen LogP contribution in [0.25, 0.3) is 0 Å². The largest absolute Gasteiger partial charge is 0.373 e. The second-order valence-electron chi connectivity index (χ2n) is 3.90. The van der Waals surface area contributed by atoms with Crippen LogP contribution in [0.3, 0.4) is 0 Å². The Morgan fingerprint density at radius 1 is 1.33 bits per heavy atom. The van der Waals surface area contributed by atoms with E-state index in [4.69, 9.17) is 5.73 Å². The van der Waals surface area contributed by atoms with Crippen LogP contribution in [0.1, 0.15) is 5.69 Å². The van der Waals surface area contributed by atoms with Crippen molar-refractivity contribution >= 4 is 17.6 Å². The minimum atomic E-state index is 0.254. The highest BCUT2D eigenvalue weighted by atomic mass is 15.2. The van der Waals surface area contributed by atoms with E-state index in [0.29, 0.717) is 12.4 Å². The third-order valence-corrected chi connectivity index (χ3v) is 2.50. The fraction of sp³-hybridized carbons (Fsp3) is 0.250. The molecular weight excluding hydrogens is 228 g/mol. The highest BCUT2D eigenvalue weighted by Crippen LogP contribution is 2.16. The zero-order valence-corrected chi connectivity index (χ0v) is 10.5. The lowest BCUT2D eigenvalue weighted by Gasteiger charge is -2.18. The maximum absolute atomic E-state index is 5.66. The molecule has 0 aliphatic rings. The summed E-state index contributed by atoms with van der Waals surface area (Å²) in [5.74, 6) is 1.72. The van der Waals surface area contributed by atoms with Crippen molar-refractivity contribution in [2.75, 3.05) is 30.0 Å². The van der Waals surface area contributed by atoms with Gasteiger partial charge in [0.25, 0.3) is 0 Å². The van der Waals surface area contributed by atoms with Crippen LogP contribution in [0.5, 0.6) is 0 Å². The summed E-state index contributed by atoms with van der Waals surface area (Å²) in [5.41, 5.74) is 6.64. The van der Waals surface area contributed by atoms with Gasteiger partial charge in [0.15, 0.2) is 0 Å². The number of nitrogen functional groups attached to an aromatic ring is 1. The smallest absolute Gasteiger partial charge is 0.223 e. The summed E-state index contributed by atoms with van der Waals surface area (Å²) in [4.78, 5) is 14.5. The van der Waals surface area contributed by atoms with Gasteiger partial charge in [0.1, 0.15) is 11.6 Å². The van der Waals surface area contributed by atoms with Crippen LogP contribution < -0.4 is 16.0 Å². The molecule has 0 saturated carbocycles. The van der Waals surface area contributed by atoms with Crippen LogP contribution in [-0.2, 0) is 6.54 Å². The van der Waals surface area contributed by atoms with Crippen LogP contribution in [0.15, 0.2) is 30.5 Å². The summed E-state index contributed by atoms with van der Waals surface area (Å²) in [6.07, 6.45) is 1.77. The third kappa shape index (κ3) is 2.85. The van der Waals surface area contributed by atoms with Gasteiger partial charge in [-0.2, -0.15) is 9.97 Å². The monoisotopic (exact) mass is 244 g/mol. The normalized spacial score (nSPS) is 10.1. The molecule has 2 aromatic rings. The Balaban J connectivity index is 2.18. The first-order valence-electron chi connectivity index (χ1n) is 5.62. The molecule has 2 rings (SSSR count). The molecule has 3 N–H and O–H groups in total. The van der Waals surface area contributed by atoms with Gasteiger partial charge < -0.3 is 16.0 Å². The Morgan fingerprint density at radius 3 is 2.83 bits per heavy atom. The quantitative estimate of drug-likeness (QED) is 0.839. The van der Waals surface area contributed by atoms with Crippen molar-refractivity contribution in [2.24, 2.45) is 0 Å². The third-order valence-electron chi connectivity index (χ3n) is 2.50. The standard InChI is InChI=1S/C12H16N6/c1-14-10-7-11(17-12(13)16-10)18(2)8-9-5-3-4-6-15-9/h3-7H,8H2,1-2H3,(H3,13,14,16,17). The molecule has 0 spiro atoms. The lowest BCUT2D eigenvalue weighted by molar-refractivity contribution is 0.863. The molecule has 0 aromatic carbocycles. The van der Waals surface area contributed by atoms with Gasteiger partial charge in [0.05, 0.1) is 12.2 Å². The molecule has 2 aromatic heterocycles. The van der Waals surface area contributed by atoms with Gasteiger partial charge >= 0.3 is 0 Å². The summed E-state index contributed by atoms with van der Waals surface area (Å²) >= 11 is 0. The predicted octanol–water partition coefficient (Wildman–Crippen LogP) is 1.13. The number of aromatic nitrogens is 3. The molecule has 0 aliphatic heterocycles. The highest BCUT2D eigenvalue weighted by Gasteiger charge is 2.07. The minimum Gasteiger partial charge on any atom is -0.373 e. The molecule has 0 saturated heterocycles. The molecule has 2 heterocycles. The van der Waals surface area contributed by atoms with Crippen LogP contribution in [0, 0.1) is 0 Å². The van der Waals surface area contributed by atoms with E-state index in [2.05, 4.69) is 20.3 Å². The molecule has 94 valence electrons. The Labute approximate surface area is 106 Å². The number of nitrogens with zero attached hydrogens (tertiary/aromatic N) is 4. The molecule has 0 amide bonds. The van der Waals surface area contributed by atoms with Crippen LogP contribution in [0.2, 0.25) is 0 Å². The molecule has 0 unspecified atom stereocenters. The maximum Gasteiger partial charge on any atom is 0.223 e. The molecule has 0 radical (unpaired) electrons. The summed E-state index contributed by atoms with van der Waals surface area (Å²) < 4.78 is 0. The number of hydrogen-bond acceptors (Lipinski definition) is 6. The Hall–Kier alpha value is -2.37. The molecular formula is C12H16N6. The van der Waals surface area contributed by atoms with Crippen LogP contribution in [-0.4, -0.2) is 29.0 Å². The molecule has 0 aliphatic carbocycles. The van der Waals surface area contributed by atoms with E-state index in [1.54, 1.807) is 13.2 Å². The van der Waals surface area contributed by atoms with Crippen molar-refractivity contribution in [1.29, 1.82) is 0 Å². The number of hydrogen-bond donors (Lipinski definition) is 2. The van der Waals surface area contributed by atoms with Crippen molar-refractivity contribution in [3.05, 3.63) is 36.2 Å². The van der Waals surface area contributed by atoms with Crippen LogP contribution >= 0.6 is 0 Å². The van der Waals surface area contributed by atoms with Gasteiger partial charge in [-0.25, -0.2) is 0 Å². The predicted molar refractivity (Wildman–Crippen MR) is 72.3 cm³/mol. The summed E-state index contributed by atoms with van der Waals surface area (Å²) in [6, 6.07) is 7.67. The van der Waals surface area contributed by atoms with E-state index in [9.17, 15) is 0 Å². The zero-order valence-electron chi connectivity index (χ0n) is 10.5. The van der Waals surface area contributed by atoms with Gasteiger partial charge in [-0.05, 0) is 12.1 Å². The highest BCUT2D eigenvalue weighted by molar-refractivity contribution is 5.52. The molecule has 6 nitrogen and oxygen atoms in total. The van der Waals surface area contributed by atoms with E-state index >= 15 is 0 Å². The lowest BCUT2D eigenvalue weighted by Crippen LogP contribution is -2.19. The average Bonchev–Trinajstić information content (AvgIpc) is 2.39. The van der Waals surface area contributed by atoms with E-state index in [-0.39, 0.29) is 5.95 Å². The van der Waals surface area contributed by atoms with Crippen LogP contribution in [0.4, 0.5) is 17.6 Å². The van der Waals surface area contributed by atoms with Crippen molar-refractivity contribution < 1.29 is 0 Å². The molecule has 18 heavy (non-hydrogen) atoms. The second-order valence-corrected chi connectivity index (χ2v) is 3.90. The first-order valence-corrected chi connectivity index (χ1v) is 5.62. The number of anilines is 3. The van der Waals surface area contributed by atoms with E-state index in [1.807, 2.05) is 36.2 Å². The van der Waals surface area contributed by atoms with Gasteiger partial charge in [0.2, 0.25) is 5.95 Å². The van der Waals surface area contributed by atoms with E-state index in [1.165, 1.54) is 0 Å². The average molecular weight is 244 g/mol. The first-order chi connectivity index (χ1) is 8.69. The molecule has 6 heteroatoms. The molecule has 0 bridgehead atoms.